The monoisotopic (exact) mass is 187 g/mol. The van der Waals surface area contributed by atoms with Crippen LogP contribution < -0.4 is 5.32 Å². The molecule has 12 heavy (non-hydrogen) atoms. The SMILES string of the molecule is CNC(=O)C1OC1(C)C1(C)CS1. The van der Waals surface area contributed by atoms with Gasteiger partial charge in [0.25, 0.3) is 5.91 Å². The summed E-state index contributed by atoms with van der Waals surface area (Å²) >= 11 is 1.87. The Morgan fingerprint density at radius 2 is 2.25 bits per heavy atom. The molecule has 0 saturated carbocycles. The molecule has 2 rings (SSSR count). The quantitative estimate of drug-likeness (QED) is 0.636. The molecule has 2 fully saturated rings. The number of carbonyl (C=O) groups excluding carboxylic acids is 1. The second-order valence-electron chi connectivity index (χ2n) is 3.74. The van der Waals surface area contributed by atoms with Crippen molar-refractivity contribution in [3.8, 4) is 0 Å². The number of thioether (sulfide) groups is 1. The molecule has 2 aliphatic rings. The molecule has 3 atom stereocenters. The molecule has 2 saturated heterocycles. The van der Waals surface area contributed by atoms with E-state index in [2.05, 4.69) is 12.2 Å². The molecule has 0 aromatic rings. The van der Waals surface area contributed by atoms with E-state index in [-0.39, 0.29) is 22.4 Å². The Labute approximate surface area is 76.2 Å². The fourth-order valence-corrected chi connectivity index (χ4v) is 2.39. The summed E-state index contributed by atoms with van der Waals surface area (Å²) in [4.78, 5) is 11.2. The fraction of sp³-hybridized carbons (Fsp3) is 0.875. The highest BCUT2D eigenvalue weighted by Crippen LogP contribution is 2.61. The maximum absolute atomic E-state index is 11.2. The highest BCUT2D eigenvalue weighted by atomic mass is 32.2. The van der Waals surface area contributed by atoms with Crippen LogP contribution in [0, 0.1) is 0 Å². The summed E-state index contributed by atoms with van der Waals surface area (Å²) in [7, 11) is 1.65. The van der Waals surface area contributed by atoms with Crippen LogP contribution >= 0.6 is 11.8 Å². The van der Waals surface area contributed by atoms with Gasteiger partial charge in [-0.25, -0.2) is 0 Å². The number of carbonyl (C=O) groups is 1. The van der Waals surface area contributed by atoms with Crippen LogP contribution in [0.5, 0.6) is 0 Å². The number of likely N-dealkylation sites (N-methyl/N-ethyl adjacent to an activating group) is 1. The predicted octanol–water partition coefficient (Wildman–Crippen LogP) is 0.395. The molecule has 68 valence electrons. The first-order chi connectivity index (χ1) is 5.53. The van der Waals surface area contributed by atoms with Crippen molar-refractivity contribution in [3.05, 3.63) is 0 Å². The third-order valence-electron chi connectivity index (χ3n) is 2.92. The molecule has 2 aliphatic heterocycles. The first-order valence-corrected chi connectivity index (χ1v) is 5.05. The lowest BCUT2D eigenvalue weighted by atomic mass is 9.93. The van der Waals surface area contributed by atoms with Crippen molar-refractivity contribution in [1.29, 1.82) is 0 Å². The van der Waals surface area contributed by atoms with Gasteiger partial charge in [0, 0.05) is 12.8 Å². The van der Waals surface area contributed by atoms with Crippen LogP contribution in [-0.4, -0.2) is 35.2 Å². The minimum absolute atomic E-state index is 0.00576. The zero-order chi connectivity index (χ0) is 8.98. The number of ether oxygens (including phenoxy) is 1. The molecule has 0 aromatic carbocycles. The highest BCUT2D eigenvalue weighted by molar-refractivity contribution is 8.08. The summed E-state index contributed by atoms with van der Waals surface area (Å²) in [6.07, 6.45) is -0.220. The molecule has 0 aliphatic carbocycles. The van der Waals surface area contributed by atoms with Crippen molar-refractivity contribution in [2.75, 3.05) is 12.8 Å². The molecular formula is C8H13NO2S. The molecule has 1 amide bonds. The Morgan fingerprint density at radius 1 is 1.67 bits per heavy atom. The van der Waals surface area contributed by atoms with E-state index in [0.29, 0.717) is 0 Å². The largest absolute Gasteiger partial charge is 0.357 e. The number of amides is 1. The van der Waals surface area contributed by atoms with E-state index >= 15 is 0 Å². The van der Waals surface area contributed by atoms with E-state index in [1.54, 1.807) is 7.05 Å². The van der Waals surface area contributed by atoms with Gasteiger partial charge in [-0.3, -0.25) is 4.79 Å². The third kappa shape index (κ3) is 0.910. The molecule has 3 nitrogen and oxygen atoms in total. The van der Waals surface area contributed by atoms with Gasteiger partial charge in [0.15, 0.2) is 6.10 Å². The van der Waals surface area contributed by atoms with E-state index in [4.69, 9.17) is 4.74 Å². The predicted molar refractivity (Wildman–Crippen MR) is 48.2 cm³/mol. The van der Waals surface area contributed by atoms with Crippen molar-refractivity contribution < 1.29 is 9.53 Å². The molecule has 4 heteroatoms. The number of rotatable bonds is 2. The summed E-state index contributed by atoms with van der Waals surface area (Å²) in [5.74, 6) is 1.11. The van der Waals surface area contributed by atoms with E-state index in [1.165, 1.54) is 0 Å². The van der Waals surface area contributed by atoms with Gasteiger partial charge in [0.1, 0.15) is 5.60 Å². The van der Waals surface area contributed by atoms with Crippen LogP contribution in [0.25, 0.3) is 0 Å². The minimum Gasteiger partial charge on any atom is -0.357 e. The van der Waals surface area contributed by atoms with Gasteiger partial charge in [0.2, 0.25) is 0 Å². The number of hydrogen-bond acceptors (Lipinski definition) is 3. The van der Waals surface area contributed by atoms with Gasteiger partial charge in [-0.1, -0.05) is 0 Å². The third-order valence-corrected chi connectivity index (χ3v) is 4.48. The summed E-state index contributed by atoms with van der Waals surface area (Å²) in [5.41, 5.74) is -0.211. The molecule has 0 radical (unpaired) electrons. The number of hydrogen-bond donors (Lipinski definition) is 1. The van der Waals surface area contributed by atoms with Crippen molar-refractivity contribution in [2.24, 2.45) is 0 Å². The first-order valence-electron chi connectivity index (χ1n) is 4.07. The summed E-state index contributed by atoms with van der Waals surface area (Å²) in [6, 6.07) is 0. The zero-order valence-corrected chi connectivity index (χ0v) is 8.33. The molecule has 2 heterocycles. The highest BCUT2D eigenvalue weighted by Gasteiger charge is 2.71. The Bertz CT molecular complexity index is 239. The molecule has 1 N–H and O–H groups in total. The maximum Gasteiger partial charge on any atom is 0.251 e. The van der Waals surface area contributed by atoms with E-state index in [9.17, 15) is 4.79 Å². The second kappa shape index (κ2) is 2.17. The smallest absolute Gasteiger partial charge is 0.251 e. The van der Waals surface area contributed by atoms with Gasteiger partial charge in [-0.15, -0.1) is 11.8 Å². The van der Waals surface area contributed by atoms with Crippen molar-refractivity contribution in [1.82, 2.24) is 5.32 Å². The lowest BCUT2D eigenvalue weighted by Crippen LogP contribution is -2.35. The average molecular weight is 187 g/mol. The van der Waals surface area contributed by atoms with Crippen molar-refractivity contribution in [3.63, 3.8) is 0 Å². The number of epoxide rings is 1. The minimum atomic E-state index is -0.220. The van der Waals surface area contributed by atoms with Crippen LogP contribution in [0.2, 0.25) is 0 Å². The number of nitrogens with one attached hydrogen (secondary N) is 1. The van der Waals surface area contributed by atoms with Crippen LogP contribution in [0.4, 0.5) is 0 Å². The topological polar surface area (TPSA) is 41.6 Å². The van der Waals surface area contributed by atoms with E-state index in [0.717, 1.165) is 5.75 Å². The van der Waals surface area contributed by atoms with Crippen molar-refractivity contribution >= 4 is 17.7 Å². The normalized spacial score (nSPS) is 50.1. The molecule has 0 aromatic heterocycles. The summed E-state index contributed by atoms with van der Waals surface area (Å²) in [5, 5.41) is 2.61. The summed E-state index contributed by atoms with van der Waals surface area (Å²) in [6.45, 7) is 4.17. The Hall–Kier alpha value is -0.220. The van der Waals surface area contributed by atoms with E-state index in [1.807, 2.05) is 18.7 Å². The molecule has 3 unspecified atom stereocenters. The molecular weight excluding hydrogens is 174 g/mol. The van der Waals surface area contributed by atoms with Crippen LogP contribution in [0.15, 0.2) is 0 Å². The van der Waals surface area contributed by atoms with Gasteiger partial charge in [0.05, 0.1) is 4.75 Å². The fourth-order valence-electron chi connectivity index (χ4n) is 1.44. The molecule has 0 bridgehead atoms. The Morgan fingerprint density at radius 3 is 2.67 bits per heavy atom. The van der Waals surface area contributed by atoms with Gasteiger partial charge in [-0.2, -0.15) is 0 Å². The van der Waals surface area contributed by atoms with Crippen LogP contribution in [-0.2, 0) is 9.53 Å². The first kappa shape index (κ1) is 8.38. The Balaban J connectivity index is 2.05. The standard InChI is InChI=1S/C8H13NO2S/c1-7(4-12-7)8(2)5(11-8)6(10)9-3/h5H,4H2,1-3H3,(H,9,10). The second-order valence-corrected chi connectivity index (χ2v) is 5.22. The van der Waals surface area contributed by atoms with Gasteiger partial charge >= 0.3 is 0 Å². The van der Waals surface area contributed by atoms with Gasteiger partial charge in [-0.05, 0) is 13.8 Å². The molecule has 0 spiro atoms. The Kier molecular flexibility index (Phi) is 1.52. The lowest BCUT2D eigenvalue weighted by molar-refractivity contribution is -0.121. The van der Waals surface area contributed by atoms with E-state index < -0.39 is 0 Å². The lowest BCUT2D eigenvalue weighted by Gasteiger charge is -2.11. The maximum atomic E-state index is 11.2. The van der Waals surface area contributed by atoms with Crippen LogP contribution in [0.1, 0.15) is 13.8 Å². The van der Waals surface area contributed by atoms with Crippen LogP contribution in [0.3, 0.4) is 0 Å². The zero-order valence-electron chi connectivity index (χ0n) is 7.51. The average Bonchev–Trinajstić information content (AvgIpc) is 2.89. The summed E-state index contributed by atoms with van der Waals surface area (Å²) < 4.78 is 5.64. The van der Waals surface area contributed by atoms with Gasteiger partial charge < -0.3 is 10.1 Å². The van der Waals surface area contributed by atoms with Crippen molar-refractivity contribution in [2.45, 2.75) is 30.3 Å².